The highest BCUT2D eigenvalue weighted by Crippen LogP contribution is 2.28. The zero-order valence-corrected chi connectivity index (χ0v) is 15.8. The molecule has 0 saturated heterocycles. The topological polar surface area (TPSA) is 79.9 Å². The highest BCUT2D eigenvalue weighted by atomic mass is 35.5. The largest absolute Gasteiger partial charge is 0.457 e. The van der Waals surface area contributed by atoms with Crippen LogP contribution < -0.4 is 10.1 Å². The maximum Gasteiger partial charge on any atom is 0.205 e. The number of aromatic amines is 1. The molecule has 0 fully saturated rings. The summed E-state index contributed by atoms with van der Waals surface area (Å²) in [5.41, 5.74) is 2.77. The van der Waals surface area contributed by atoms with Crippen LogP contribution in [0.1, 0.15) is 23.8 Å². The van der Waals surface area contributed by atoms with Crippen LogP contribution in [0.5, 0.6) is 11.5 Å². The number of carbonyl (C=O) groups is 1. The van der Waals surface area contributed by atoms with Gasteiger partial charge in [0, 0.05) is 24.8 Å². The van der Waals surface area contributed by atoms with Gasteiger partial charge in [-0.1, -0.05) is 30.7 Å². The van der Waals surface area contributed by atoms with Gasteiger partial charge in [0.1, 0.15) is 17.2 Å². The molecule has 0 aliphatic carbocycles. The van der Waals surface area contributed by atoms with Crippen LogP contribution in [-0.4, -0.2) is 20.7 Å². The molecular formula is C21H17ClN4O2. The highest BCUT2D eigenvalue weighted by molar-refractivity contribution is 6.33. The minimum absolute atomic E-state index is 0.0234. The number of ketones is 1. The van der Waals surface area contributed by atoms with Crippen LogP contribution >= 0.6 is 11.6 Å². The van der Waals surface area contributed by atoms with E-state index in [-0.39, 0.29) is 5.78 Å². The number of carbonyl (C=O) groups excluding carboxylic acids is 1. The van der Waals surface area contributed by atoms with Crippen molar-refractivity contribution >= 4 is 40.1 Å². The number of ether oxygens (including phenoxy) is 1. The number of fused-ring (bicyclic) bond motifs is 1. The van der Waals surface area contributed by atoms with Gasteiger partial charge in [-0.05, 0) is 30.3 Å². The number of hydrogen-bond donors (Lipinski definition) is 2. The highest BCUT2D eigenvalue weighted by Gasteiger charge is 2.09. The summed E-state index contributed by atoms with van der Waals surface area (Å²) in [4.78, 5) is 23.6. The van der Waals surface area contributed by atoms with E-state index in [2.05, 4.69) is 20.3 Å². The predicted molar refractivity (Wildman–Crippen MR) is 110 cm³/mol. The van der Waals surface area contributed by atoms with Crippen LogP contribution in [-0.2, 0) is 0 Å². The first-order chi connectivity index (χ1) is 13.6. The lowest BCUT2D eigenvalue weighted by molar-refractivity contribution is 0.0983. The number of halogens is 1. The Balaban J connectivity index is 1.57. The molecule has 2 aromatic heterocycles. The molecule has 4 rings (SSSR count). The summed E-state index contributed by atoms with van der Waals surface area (Å²) in [6.45, 7) is 1.80. The van der Waals surface area contributed by atoms with Crippen molar-refractivity contribution in [2.75, 3.05) is 5.32 Å². The molecular weight excluding hydrogens is 376 g/mol. The van der Waals surface area contributed by atoms with Crippen molar-refractivity contribution in [1.29, 1.82) is 0 Å². The molecule has 2 aromatic carbocycles. The summed E-state index contributed by atoms with van der Waals surface area (Å²) in [6, 6.07) is 16.3. The van der Waals surface area contributed by atoms with Gasteiger partial charge in [-0.15, -0.1) is 0 Å². The van der Waals surface area contributed by atoms with E-state index in [0.29, 0.717) is 34.6 Å². The van der Waals surface area contributed by atoms with Crippen LogP contribution in [0.25, 0.3) is 11.0 Å². The van der Waals surface area contributed by atoms with Gasteiger partial charge in [0.2, 0.25) is 5.95 Å². The average Bonchev–Trinajstić information content (AvgIpc) is 3.11. The first kappa shape index (κ1) is 18.0. The van der Waals surface area contributed by atoms with E-state index in [1.807, 2.05) is 42.5 Å². The first-order valence-corrected chi connectivity index (χ1v) is 9.18. The minimum Gasteiger partial charge on any atom is -0.457 e. The third kappa shape index (κ3) is 3.82. The number of Topliss-reactive ketones (excluding diaryl/α,β-unsaturated/α-hetero) is 1. The quantitative estimate of drug-likeness (QED) is 0.409. The Morgan fingerprint density at radius 1 is 1.14 bits per heavy atom. The number of nitrogens with one attached hydrogen (secondary N) is 2. The Kier molecular flexibility index (Phi) is 4.95. The van der Waals surface area contributed by atoms with Gasteiger partial charge in [0.05, 0.1) is 21.7 Å². The smallest absolute Gasteiger partial charge is 0.205 e. The molecule has 0 radical (unpaired) electrons. The molecule has 0 spiro atoms. The van der Waals surface area contributed by atoms with Crippen LogP contribution in [0.4, 0.5) is 11.6 Å². The second-order valence-electron chi connectivity index (χ2n) is 6.12. The molecule has 0 saturated carbocycles. The number of rotatable bonds is 6. The number of H-pyrrole nitrogens is 1. The van der Waals surface area contributed by atoms with Crippen molar-refractivity contribution < 1.29 is 9.53 Å². The number of anilines is 2. The van der Waals surface area contributed by atoms with Crippen LogP contribution in [0.15, 0.2) is 60.8 Å². The van der Waals surface area contributed by atoms with Gasteiger partial charge in [-0.25, -0.2) is 4.98 Å². The maximum atomic E-state index is 11.8. The molecule has 0 unspecified atom stereocenters. The van der Waals surface area contributed by atoms with Crippen molar-refractivity contribution in [2.45, 2.75) is 13.3 Å². The number of imidazole rings is 1. The molecule has 0 aliphatic heterocycles. The van der Waals surface area contributed by atoms with Crippen molar-refractivity contribution in [3.8, 4) is 11.5 Å². The number of benzene rings is 2. The summed E-state index contributed by atoms with van der Waals surface area (Å²) in [6.07, 6.45) is 1.97. The fourth-order valence-electron chi connectivity index (χ4n) is 2.75. The SMILES string of the molecule is CCC(=O)c1cc(Oc2ccc3nc(Nc4ccccc4Cl)[nH]c3c2)ccn1. The van der Waals surface area contributed by atoms with Crippen molar-refractivity contribution in [3.63, 3.8) is 0 Å². The van der Waals surface area contributed by atoms with E-state index in [9.17, 15) is 4.79 Å². The lowest BCUT2D eigenvalue weighted by Gasteiger charge is -2.06. The summed E-state index contributed by atoms with van der Waals surface area (Å²) in [5, 5.41) is 3.79. The number of pyridine rings is 1. The van der Waals surface area contributed by atoms with Crippen LogP contribution in [0.2, 0.25) is 5.02 Å². The van der Waals surface area contributed by atoms with Crippen molar-refractivity contribution in [3.05, 3.63) is 71.5 Å². The zero-order valence-electron chi connectivity index (χ0n) is 15.1. The molecule has 0 atom stereocenters. The monoisotopic (exact) mass is 392 g/mol. The molecule has 0 aliphatic rings. The van der Waals surface area contributed by atoms with E-state index in [4.69, 9.17) is 16.3 Å². The molecule has 0 amide bonds. The fourth-order valence-corrected chi connectivity index (χ4v) is 2.93. The van der Waals surface area contributed by atoms with E-state index >= 15 is 0 Å². The predicted octanol–water partition coefficient (Wildman–Crippen LogP) is 5.74. The third-order valence-electron chi connectivity index (χ3n) is 4.15. The van der Waals surface area contributed by atoms with E-state index in [1.54, 1.807) is 25.3 Å². The van der Waals surface area contributed by atoms with Crippen molar-refractivity contribution in [2.24, 2.45) is 0 Å². The number of aromatic nitrogens is 3. The molecule has 2 N–H and O–H groups in total. The zero-order chi connectivity index (χ0) is 19.5. The molecule has 6 nitrogen and oxygen atoms in total. The second kappa shape index (κ2) is 7.70. The van der Waals surface area contributed by atoms with Crippen molar-refractivity contribution in [1.82, 2.24) is 15.0 Å². The Hall–Kier alpha value is -3.38. The van der Waals surface area contributed by atoms with Gasteiger partial charge >= 0.3 is 0 Å². The van der Waals surface area contributed by atoms with E-state index in [1.165, 1.54) is 0 Å². The summed E-state index contributed by atoms with van der Waals surface area (Å²) in [7, 11) is 0. The number of para-hydroxylation sites is 1. The van der Waals surface area contributed by atoms with Gasteiger partial charge in [0.25, 0.3) is 0 Å². The Labute approximate surface area is 166 Å². The van der Waals surface area contributed by atoms with Gasteiger partial charge in [0.15, 0.2) is 5.78 Å². The molecule has 0 bridgehead atoms. The van der Waals surface area contributed by atoms with Crippen LogP contribution in [0, 0.1) is 0 Å². The number of nitrogens with zero attached hydrogens (tertiary/aromatic N) is 2. The second-order valence-corrected chi connectivity index (χ2v) is 6.53. The van der Waals surface area contributed by atoms with Gasteiger partial charge in [-0.3, -0.25) is 9.78 Å². The molecule has 28 heavy (non-hydrogen) atoms. The van der Waals surface area contributed by atoms with E-state index < -0.39 is 0 Å². The Morgan fingerprint density at radius 3 is 2.79 bits per heavy atom. The molecule has 2 heterocycles. The first-order valence-electron chi connectivity index (χ1n) is 8.81. The minimum atomic E-state index is -0.0234. The lowest BCUT2D eigenvalue weighted by atomic mass is 10.2. The van der Waals surface area contributed by atoms with Gasteiger partial charge < -0.3 is 15.0 Å². The summed E-state index contributed by atoms with van der Waals surface area (Å²) in [5.74, 6) is 1.74. The van der Waals surface area contributed by atoms with Gasteiger partial charge in [-0.2, -0.15) is 0 Å². The molecule has 140 valence electrons. The van der Waals surface area contributed by atoms with Crippen LogP contribution in [0.3, 0.4) is 0 Å². The normalized spacial score (nSPS) is 10.8. The number of hydrogen-bond acceptors (Lipinski definition) is 5. The Bertz CT molecular complexity index is 1160. The summed E-state index contributed by atoms with van der Waals surface area (Å²) >= 11 is 6.18. The maximum absolute atomic E-state index is 11.8. The fraction of sp³-hybridized carbons (Fsp3) is 0.0952. The average molecular weight is 393 g/mol. The molecule has 4 aromatic rings. The van der Waals surface area contributed by atoms with E-state index in [0.717, 1.165) is 16.7 Å². The summed E-state index contributed by atoms with van der Waals surface area (Å²) < 4.78 is 5.89. The lowest BCUT2D eigenvalue weighted by Crippen LogP contribution is -2.00. The Morgan fingerprint density at radius 2 is 1.96 bits per heavy atom. The molecule has 7 heteroatoms. The standard InChI is InChI=1S/C21H17ClN4O2/c1-2-20(27)19-12-14(9-10-23-19)28-13-7-8-17-18(11-13)26-21(25-17)24-16-6-4-3-5-15(16)22/h3-12H,2H2,1H3,(H2,24,25,26). The third-order valence-corrected chi connectivity index (χ3v) is 4.48.